The van der Waals surface area contributed by atoms with Gasteiger partial charge < -0.3 is 14.8 Å². The Labute approximate surface area is 192 Å². The van der Waals surface area contributed by atoms with E-state index in [1.54, 1.807) is 20.4 Å². The fraction of sp³-hybridized carbons (Fsp3) is 0.600. The van der Waals surface area contributed by atoms with E-state index >= 15 is 0 Å². The van der Waals surface area contributed by atoms with Crippen LogP contribution in [0.25, 0.3) is 0 Å². The summed E-state index contributed by atoms with van der Waals surface area (Å²) in [6.07, 6.45) is 1.67. The number of hydrogen-bond donors (Lipinski definition) is 1. The average Bonchev–Trinajstić information content (AvgIpc) is 3.18. The van der Waals surface area contributed by atoms with Crippen molar-refractivity contribution in [3.63, 3.8) is 0 Å². The quantitative estimate of drug-likeness (QED) is 0.604. The van der Waals surface area contributed by atoms with Gasteiger partial charge in [0.1, 0.15) is 4.88 Å². The monoisotopic (exact) mass is 448 g/mol. The van der Waals surface area contributed by atoms with Gasteiger partial charge in [0, 0.05) is 26.2 Å². The Morgan fingerprint density at radius 1 is 1.00 bits per heavy atom. The molecule has 1 amide bonds. The zero-order valence-electron chi connectivity index (χ0n) is 21.1. The van der Waals surface area contributed by atoms with Crippen LogP contribution in [0.3, 0.4) is 0 Å². The first-order chi connectivity index (χ1) is 14.1. The van der Waals surface area contributed by atoms with Gasteiger partial charge in [-0.05, 0) is 52.7 Å². The van der Waals surface area contributed by atoms with Crippen molar-refractivity contribution in [3.05, 3.63) is 51.0 Å². The topological polar surface area (TPSA) is 60.5 Å². The lowest BCUT2D eigenvalue weighted by Crippen LogP contribution is -2.48. The molecular weight excluding hydrogens is 408 g/mol. The molecule has 31 heavy (non-hydrogen) atoms. The number of aromatic nitrogens is 1. The molecule has 0 radical (unpaired) electrons. The summed E-state index contributed by atoms with van der Waals surface area (Å²) in [6.45, 7) is 19.0. The Kier molecular flexibility index (Phi) is 9.42. The van der Waals surface area contributed by atoms with Crippen molar-refractivity contribution >= 4 is 17.2 Å². The summed E-state index contributed by atoms with van der Waals surface area (Å²) < 4.78 is 10.5. The number of methoxy groups -OCH3 is 2. The molecule has 0 unspecified atom stereocenters. The minimum absolute atomic E-state index is 0.0171. The molecule has 0 aliphatic carbocycles. The van der Waals surface area contributed by atoms with Crippen LogP contribution in [0.4, 0.5) is 0 Å². The van der Waals surface area contributed by atoms with Crippen LogP contribution in [0.1, 0.15) is 79.8 Å². The standard InChI is InChI=1S/C17H22N2OS.C8H18O2/c1-11-6-7-13(12(2)8-11)9-18-15(20)14-10-19-16(21-14)17(3,4)5;1-7(2,9-5)8(3,4)10-6/h6-8,10H,9H2,1-5H3,(H,18,20);1-6H3. The maximum Gasteiger partial charge on any atom is 0.263 e. The van der Waals surface area contributed by atoms with E-state index in [4.69, 9.17) is 9.47 Å². The van der Waals surface area contributed by atoms with Crippen LogP contribution in [0.15, 0.2) is 24.4 Å². The molecule has 0 saturated heterocycles. The van der Waals surface area contributed by atoms with E-state index in [2.05, 4.69) is 63.1 Å². The van der Waals surface area contributed by atoms with Crippen LogP contribution in [0, 0.1) is 13.8 Å². The van der Waals surface area contributed by atoms with E-state index in [1.165, 1.54) is 22.5 Å². The minimum Gasteiger partial charge on any atom is -0.376 e. The van der Waals surface area contributed by atoms with Crippen LogP contribution < -0.4 is 5.32 Å². The zero-order valence-corrected chi connectivity index (χ0v) is 21.9. The predicted molar refractivity (Wildman–Crippen MR) is 130 cm³/mol. The summed E-state index contributed by atoms with van der Waals surface area (Å²) in [6, 6.07) is 6.27. The number of aryl methyl sites for hydroxylation is 2. The summed E-state index contributed by atoms with van der Waals surface area (Å²) in [4.78, 5) is 17.2. The Hall–Kier alpha value is -1.76. The average molecular weight is 449 g/mol. The Morgan fingerprint density at radius 3 is 1.97 bits per heavy atom. The summed E-state index contributed by atoms with van der Waals surface area (Å²) in [7, 11) is 3.39. The molecule has 0 atom stereocenters. The van der Waals surface area contributed by atoms with Gasteiger partial charge in [-0.15, -0.1) is 11.3 Å². The van der Waals surface area contributed by atoms with Crippen LogP contribution in [-0.4, -0.2) is 36.3 Å². The fourth-order valence-corrected chi connectivity index (χ4v) is 3.41. The molecule has 0 aliphatic heterocycles. The number of carbonyl (C=O) groups excluding carboxylic acids is 1. The second-order valence-corrected chi connectivity index (χ2v) is 10.9. The molecular formula is C25H40N2O3S. The van der Waals surface area contributed by atoms with Gasteiger partial charge in [-0.25, -0.2) is 4.98 Å². The lowest BCUT2D eigenvalue weighted by molar-refractivity contribution is -0.147. The lowest BCUT2D eigenvalue weighted by Gasteiger charge is -2.38. The number of hydrogen-bond acceptors (Lipinski definition) is 5. The molecule has 6 heteroatoms. The van der Waals surface area contributed by atoms with Crippen LogP contribution in [-0.2, 0) is 21.4 Å². The van der Waals surface area contributed by atoms with Crippen molar-refractivity contribution in [2.75, 3.05) is 14.2 Å². The number of rotatable bonds is 6. The van der Waals surface area contributed by atoms with Crippen molar-refractivity contribution in [1.82, 2.24) is 10.3 Å². The zero-order chi connectivity index (χ0) is 24.0. The molecule has 0 spiro atoms. The highest BCUT2D eigenvalue weighted by Crippen LogP contribution is 2.27. The molecule has 2 rings (SSSR count). The van der Waals surface area contributed by atoms with Crippen LogP contribution in [0.5, 0.6) is 0 Å². The number of carbonyl (C=O) groups is 1. The smallest absolute Gasteiger partial charge is 0.263 e. The van der Waals surface area contributed by atoms with Gasteiger partial charge in [0.05, 0.1) is 22.4 Å². The molecule has 5 nitrogen and oxygen atoms in total. The van der Waals surface area contributed by atoms with E-state index < -0.39 is 0 Å². The maximum atomic E-state index is 12.2. The third kappa shape index (κ3) is 7.70. The van der Waals surface area contributed by atoms with Crippen molar-refractivity contribution in [3.8, 4) is 0 Å². The highest BCUT2D eigenvalue weighted by atomic mass is 32.1. The molecule has 1 aromatic heterocycles. The molecule has 0 fully saturated rings. The molecule has 0 saturated carbocycles. The number of amides is 1. The fourth-order valence-electron chi connectivity index (χ4n) is 2.52. The normalized spacial score (nSPS) is 12.2. The summed E-state index contributed by atoms with van der Waals surface area (Å²) in [5.41, 5.74) is 3.10. The van der Waals surface area contributed by atoms with Gasteiger partial charge >= 0.3 is 0 Å². The summed E-state index contributed by atoms with van der Waals surface area (Å²) in [5, 5.41) is 3.96. The van der Waals surface area contributed by atoms with Gasteiger partial charge in [-0.1, -0.05) is 44.5 Å². The molecule has 174 valence electrons. The second-order valence-electron chi connectivity index (χ2n) is 9.82. The SMILES string of the molecule is COC(C)(C)C(C)(C)OC.Cc1ccc(CNC(=O)c2cnc(C(C)(C)C)s2)c(C)c1. The van der Waals surface area contributed by atoms with E-state index in [-0.39, 0.29) is 22.5 Å². The Morgan fingerprint density at radius 2 is 1.55 bits per heavy atom. The van der Waals surface area contributed by atoms with Crippen molar-refractivity contribution in [1.29, 1.82) is 0 Å². The van der Waals surface area contributed by atoms with Gasteiger partial charge in [0.2, 0.25) is 0 Å². The van der Waals surface area contributed by atoms with Gasteiger partial charge in [0.25, 0.3) is 5.91 Å². The van der Waals surface area contributed by atoms with Gasteiger partial charge in [0.15, 0.2) is 0 Å². The molecule has 0 aliphatic rings. The molecule has 2 aromatic rings. The number of thiazole rings is 1. The van der Waals surface area contributed by atoms with E-state index in [9.17, 15) is 4.79 Å². The summed E-state index contributed by atoms with van der Waals surface area (Å²) in [5.74, 6) is -0.0528. The lowest BCUT2D eigenvalue weighted by atomic mass is 9.89. The number of nitrogens with one attached hydrogen (secondary N) is 1. The molecule has 1 heterocycles. The molecule has 1 aromatic carbocycles. The first-order valence-corrected chi connectivity index (χ1v) is 11.4. The Balaban J connectivity index is 0.000000407. The highest BCUT2D eigenvalue weighted by molar-refractivity contribution is 7.13. The Bertz CT molecular complexity index is 850. The van der Waals surface area contributed by atoms with Crippen molar-refractivity contribution in [2.45, 2.75) is 85.5 Å². The number of benzene rings is 1. The van der Waals surface area contributed by atoms with Crippen LogP contribution >= 0.6 is 11.3 Å². The van der Waals surface area contributed by atoms with E-state index in [0.717, 1.165) is 10.6 Å². The number of nitrogens with zero attached hydrogens (tertiary/aromatic N) is 1. The third-order valence-corrected chi connectivity index (χ3v) is 7.20. The van der Waals surface area contributed by atoms with Crippen LogP contribution in [0.2, 0.25) is 0 Å². The van der Waals surface area contributed by atoms with Gasteiger partial charge in [-0.2, -0.15) is 0 Å². The van der Waals surface area contributed by atoms with Gasteiger partial charge in [-0.3, -0.25) is 4.79 Å². The van der Waals surface area contributed by atoms with E-state index in [1.807, 2.05) is 27.7 Å². The largest absolute Gasteiger partial charge is 0.376 e. The van der Waals surface area contributed by atoms with E-state index in [0.29, 0.717) is 11.4 Å². The first kappa shape index (κ1) is 27.3. The number of ether oxygens (including phenoxy) is 2. The van der Waals surface area contributed by atoms with Crippen molar-refractivity contribution in [2.24, 2.45) is 0 Å². The molecule has 0 bridgehead atoms. The minimum atomic E-state index is -0.234. The van der Waals surface area contributed by atoms with Crippen molar-refractivity contribution < 1.29 is 14.3 Å². The molecule has 1 N–H and O–H groups in total. The maximum absolute atomic E-state index is 12.2. The first-order valence-electron chi connectivity index (χ1n) is 10.6. The second kappa shape index (κ2) is 10.7. The third-order valence-electron chi connectivity index (χ3n) is 5.78. The predicted octanol–water partition coefficient (Wildman–Crippen LogP) is 5.82. The summed E-state index contributed by atoms with van der Waals surface area (Å²) >= 11 is 1.47. The highest BCUT2D eigenvalue weighted by Gasteiger charge is 2.36.